The van der Waals surface area contributed by atoms with Gasteiger partial charge in [0.2, 0.25) is 10.6 Å². The SMILES string of the molecule is C1COCCN1.CC(C)(C)OC(=O)N1Cc2nc(Cl)nc(Cl)c2C1.CC(C)(C)OC(=O)N1Cc2nc(Cl)nc(N3CCOCC3)c2C1.Cc1ccc(C(=O)Cc2cccc(C(F)(F)F)c2)cc1-c1nc2c(c(N3CCOCC3)n1)CNC2.Cc1ccc(C(=O)Cc2cccc(C(F)(F)F)c2)cc1B1OC(C)(C)C(C)(C)O1. The Balaban J connectivity index is 0.000000157. The van der Waals surface area contributed by atoms with Crippen LogP contribution in [0.1, 0.15) is 157 Å². The zero-order valence-corrected chi connectivity index (χ0v) is 66.4. The summed E-state index contributed by atoms with van der Waals surface area (Å²) in [6.07, 6.45) is -9.87. The van der Waals surface area contributed by atoms with E-state index in [1.54, 1.807) is 35.2 Å². The number of hydrogen-bond acceptors (Lipinski definition) is 21. The first-order chi connectivity index (χ1) is 52.2. The van der Waals surface area contributed by atoms with Crippen LogP contribution in [0.3, 0.4) is 0 Å². The number of fused-ring (bicyclic) bond motifs is 3. The van der Waals surface area contributed by atoms with Crippen molar-refractivity contribution in [1.29, 1.82) is 0 Å². The van der Waals surface area contributed by atoms with E-state index >= 15 is 0 Å². The molecular weight excluding hydrogens is 1510 g/mol. The van der Waals surface area contributed by atoms with Gasteiger partial charge in [0.15, 0.2) is 17.4 Å². The molecule has 7 aliphatic heterocycles. The summed E-state index contributed by atoms with van der Waals surface area (Å²) >= 11 is 17.8. The number of benzene rings is 4. The molecule has 14 rings (SSSR count). The maximum Gasteiger partial charge on any atom is 0.495 e. The third-order valence-electron chi connectivity index (χ3n) is 19.0. The van der Waals surface area contributed by atoms with Gasteiger partial charge >= 0.3 is 31.7 Å². The maximum absolute atomic E-state index is 13.1. The van der Waals surface area contributed by atoms with Crippen molar-refractivity contribution >= 4 is 82.8 Å². The summed E-state index contributed by atoms with van der Waals surface area (Å²) in [5, 5.41) is 7.08. The summed E-state index contributed by atoms with van der Waals surface area (Å²) in [6, 6.07) is 20.2. The Morgan fingerprint density at radius 1 is 0.514 bits per heavy atom. The van der Waals surface area contributed by atoms with Crippen LogP contribution in [0.4, 0.5) is 47.6 Å². The molecule has 4 saturated heterocycles. The van der Waals surface area contributed by atoms with Crippen LogP contribution in [0, 0.1) is 13.8 Å². The lowest BCUT2D eigenvalue weighted by Gasteiger charge is -2.32. The zero-order chi connectivity index (χ0) is 80.5. The van der Waals surface area contributed by atoms with E-state index in [0.717, 1.165) is 139 Å². The van der Waals surface area contributed by atoms with Gasteiger partial charge in [-0.05, 0) is 147 Å². The number of anilines is 2. The number of nitrogens with zero attached hydrogens (tertiary/aromatic N) is 10. The summed E-state index contributed by atoms with van der Waals surface area (Å²) in [6.45, 7) is 34.9. The lowest BCUT2D eigenvalue weighted by atomic mass is 9.75. The molecular formula is C78H92BCl3F6N12O11. The number of carbonyl (C=O) groups is 4. The number of hydrogen-bond donors (Lipinski definition) is 2. The Morgan fingerprint density at radius 3 is 1.45 bits per heavy atom. The molecule has 10 heterocycles. The third kappa shape index (κ3) is 22.8. The van der Waals surface area contributed by atoms with Crippen LogP contribution in [0.15, 0.2) is 84.9 Å². The zero-order valence-electron chi connectivity index (χ0n) is 64.2. The van der Waals surface area contributed by atoms with Crippen LogP contribution in [0.5, 0.6) is 0 Å². The van der Waals surface area contributed by atoms with Crippen molar-refractivity contribution in [2.75, 3.05) is 88.7 Å². The molecule has 0 spiro atoms. The van der Waals surface area contributed by atoms with E-state index in [9.17, 15) is 45.5 Å². The average Bonchev–Trinajstić information content (AvgIpc) is 1.57. The molecule has 0 bridgehead atoms. The molecule has 0 saturated carbocycles. The normalized spacial score (nSPS) is 17.1. The second-order valence-electron chi connectivity index (χ2n) is 30.4. The number of ketones is 2. The minimum Gasteiger partial charge on any atom is -0.444 e. The highest BCUT2D eigenvalue weighted by Crippen LogP contribution is 2.39. The summed E-state index contributed by atoms with van der Waals surface area (Å²) < 4.78 is 117. The van der Waals surface area contributed by atoms with Crippen LogP contribution in [-0.4, -0.2) is 172 Å². The maximum atomic E-state index is 13.1. The second-order valence-corrected chi connectivity index (χ2v) is 31.4. The van der Waals surface area contributed by atoms with E-state index in [0.29, 0.717) is 99.5 Å². The van der Waals surface area contributed by atoms with Gasteiger partial charge in [-0.1, -0.05) is 83.9 Å². The summed E-state index contributed by atoms with van der Waals surface area (Å²) in [7, 11) is -0.610. The van der Waals surface area contributed by atoms with Gasteiger partial charge < -0.3 is 53.4 Å². The van der Waals surface area contributed by atoms with E-state index in [2.05, 4.69) is 40.4 Å². The quantitative estimate of drug-likeness (QED) is 0.0425. The third-order valence-corrected chi connectivity index (χ3v) is 19.7. The number of aryl methyl sites for hydroxylation is 2. The van der Waals surface area contributed by atoms with Gasteiger partial charge in [0.1, 0.15) is 28.0 Å². The first kappa shape index (κ1) is 85.3. The second kappa shape index (κ2) is 35.9. The first-order valence-corrected chi connectivity index (χ1v) is 37.5. The minimum atomic E-state index is -4.45. The van der Waals surface area contributed by atoms with Crippen molar-refractivity contribution in [2.45, 2.75) is 170 Å². The number of ether oxygens (including phenoxy) is 5. The van der Waals surface area contributed by atoms with Crippen LogP contribution in [-0.2, 0) is 97.5 Å². The Morgan fingerprint density at radius 2 is 0.973 bits per heavy atom. The number of rotatable bonds is 10. The fourth-order valence-electron chi connectivity index (χ4n) is 12.5. The van der Waals surface area contributed by atoms with Gasteiger partial charge in [-0.25, -0.2) is 39.5 Å². The molecule has 0 unspecified atom stereocenters. The van der Waals surface area contributed by atoms with Gasteiger partial charge in [-0.3, -0.25) is 19.4 Å². The predicted molar refractivity (Wildman–Crippen MR) is 408 cm³/mol. The summed E-state index contributed by atoms with van der Waals surface area (Å²) in [5.41, 5.74) is 6.36. The Kier molecular flexibility index (Phi) is 27.6. The molecule has 4 fully saturated rings. The number of carbonyl (C=O) groups excluding carboxylic acids is 4. The highest BCUT2D eigenvalue weighted by Gasteiger charge is 2.52. The van der Waals surface area contributed by atoms with Crippen LogP contribution >= 0.6 is 34.8 Å². The van der Waals surface area contributed by atoms with Crippen molar-refractivity contribution in [1.82, 2.24) is 50.3 Å². The molecule has 2 amide bonds. The summed E-state index contributed by atoms with van der Waals surface area (Å²) in [5.74, 6) is 1.71. The molecule has 4 aromatic carbocycles. The van der Waals surface area contributed by atoms with Crippen molar-refractivity contribution < 1.29 is 78.5 Å². The van der Waals surface area contributed by atoms with Crippen molar-refractivity contribution in [3.8, 4) is 11.4 Å². The number of nitrogens with one attached hydrogen (secondary N) is 2. The molecule has 0 atom stereocenters. The van der Waals surface area contributed by atoms with Crippen LogP contribution in [0.2, 0.25) is 15.7 Å². The lowest BCUT2D eigenvalue weighted by Crippen LogP contribution is -2.41. The van der Waals surface area contributed by atoms with Gasteiger partial charge in [-0.2, -0.15) is 26.3 Å². The van der Waals surface area contributed by atoms with Gasteiger partial charge in [0.25, 0.3) is 0 Å². The lowest BCUT2D eigenvalue weighted by molar-refractivity contribution is -0.138. The first-order valence-electron chi connectivity index (χ1n) is 36.4. The molecule has 33 heteroatoms. The smallest absolute Gasteiger partial charge is 0.444 e. The standard InChI is InChI=1S/C26H25F3N4O2.C22H24BF3O3.C15H21ClN4O3.C11H13Cl2N3O2.C4H9NO/c1-16-5-6-18(23(34)12-17-3-2-4-19(11-17)26(27,28)29)13-20(16)24-31-22-15-30-14-21(22)25(32-24)33-7-9-35-10-8-33;1-14-9-10-16(13-18(14)23-28-20(2,3)21(4,5)29-23)19(27)12-15-7-6-8-17(11-15)22(24,25)26;1-15(2,3)23-14(21)20-8-10-11(9-20)17-13(16)18-12(10)19-4-6-22-7-5-19;1-11(2,3)18-10(17)16-4-6-7(5-16)14-9(13)15-8(6)12;1-3-6-4-2-5-1/h2-6,11,13,30H,7-10,12,14-15H2,1H3;6-11,13H,12H2,1-5H3;4-9H2,1-3H3;4-5H2,1-3H3;5H,1-4H2. The van der Waals surface area contributed by atoms with Crippen molar-refractivity contribution in [3.05, 3.63) is 179 Å². The molecule has 596 valence electrons. The Bertz CT molecular complexity index is 4490. The number of aromatic nitrogens is 6. The van der Waals surface area contributed by atoms with E-state index in [1.807, 2.05) is 89.2 Å². The van der Waals surface area contributed by atoms with Gasteiger partial charge in [0.05, 0.1) is 105 Å². The average molecular weight is 1600 g/mol. The number of alkyl halides is 6. The highest BCUT2D eigenvalue weighted by molar-refractivity contribution is 6.62. The van der Waals surface area contributed by atoms with Crippen molar-refractivity contribution in [3.63, 3.8) is 0 Å². The Hall–Kier alpha value is -8.17. The molecule has 23 nitrogen and oxygen atoms in total. The number of halogens is 9. The topological polar surface area (TPSA) is 247 Å². The van der Waals surface area contributed by atoms with E-state index in [1.165, 1.54) is 29.2 Å². The molecule has 7 aliphatic rings. The molecule has 111 heavy (non-hydrogen) atoms. The number of Topliss-reactive ketones (excluding diaryl/α,β-unsaturated/α-hetero) is 2. The van der Waals surface area contributed by atoms with Crippen LogP contribution in [0.25, 0.3) is 11.4 Å². The van der Waals surface area contributed by atoms with E-state index < -0.39 is 59.1 Å². The molecule has 7 aromatic rings. The largest absolute Gasteiger partial charge is 0.495 e. The highest BCUT2D eigenvalue weighted by atomic mass is 35.5. The van der Waals surface area contributed by atoms with E-state index in [4.69, 9.17) is 77.8 Å². The fourth-order valence-corrected chi connectivity index (χ4v) is 13.2. The van der Waals surface area contributed by atoms with E-state index in [-0.39, 0.29) is 46.2 Å². The van der Waals surface area contributed by atoms with Gasteiger partial charge in [-0.15, -0.1) is 0 Å². The number of amides is 2. The number of morpholine rings is 3. The fraction of sp³-hybridized carbons (Fsp3) is 0.487. The van der Waals surface area contributed by atoms with Crippen LogP contribution < -0.4 is 25.9 Å². The molecule has 2 N–H and O–H groups in total. The van der Waals surface area contributed by atoms with Crippen molar-refractivity contribution in [2.24, 2.45) is 0 Å². The van der Waals surface area contributed by atoms with Gasteiger partial charge in [0, 0.05) is 98.6 Å². The minimum absolute atomic E-state index is 0.0878. The molecule has 0 radical (unpaired) electrons. The Labute approximate surface area is 657 Å². The molecule has 3 aromatic heterocycles. The summed E-state index contributed by atoms with van der Waals surface area (Å²) in [4.78, 5) is 83.7. The monoisotopic (exact) mass is 1600 g/mol. The molecule has 0 aliphatic carbocycles. The predicted octanol–water partition coefficient (Wildman–Crippen LogP) is 13.9.